The van der Waals surface area contributed by atoms with Crippen molar-refractivity contribution in [1.82, 2.24) is 4.90 Å². The number of carbonyl (C=O) groups is 2. The Bertz CT molecular complexity index is 523. The Hall–Kier alpha value is -1.76. The number of primary amides is 1. The van der Waals surface area contributed by atoms with E-state index in [2.05, 4.69) is 13.8 Å². The minimum Gasteiger partial charge on any atom is -0.397 e. The smallest absolute Gasteiger partial charge is 0.265 e. The molecule has 7 heteroatoms. The summed E-state index contributed by atoms with van der Waals surface area (Å²) in [7, 11) is 5.15. The molecule has 0 aliphatic heterocycles. The summed E-state index contributed by atoms with van der Waals surface area (Å²) >= 11 is 1.21. The highest BCUT2D eigenvalue weighted by Crippen LogP contribution is 2.38. The van der Waals surface area contributed by atoms with Gasteiger partial charge in [0.25, 0.3) is 11.8 Å². The van der Waals surface area contributed by atoms with Gasteiger partial charge in [-0.3, -0.25) is 9.59 Å². The van der Waals surface area contributed by atoms with Crippen molar-refractivity contribution >= 4 is 33.8 Å². The third-order valence-corrected chi connectivity index (χ3v) is 4.07. The standard InChI is InChI=1S/C13H22N4O2S/c1-7(2)6-17(5)13-8(11(15)18)9(14)10(20-13)12(19)16(3)4/h7H,6,14H2,1-5H3,(H2,15,18). The highest BCUT2D eigenvalue weighted by Gasteiger charge is 2.27. The monoisotopic (exact) mass is 298 g/mol. The second-order valence-electron chi connectivity index (χ2n) is 5.36. The number of carbonyl (C=O) groups excluding carboxylic acids is 2. The maximum Gasteiger partial charge on any atom is 0.265 e. The van der Waals surface area contributed by atoms with Gasteiger partial charge in [-0.05, 0) is 5.92 Å². The predicted molar refractivity (Wildman–Crippen MR) is 83.4 cm³/mol. The van der Waals surface area contributed by atoms with E-state index in [1.54, 1.807) is 14.1 Å². The molecule has 0 fully saturated rings. The van der Waals surface area contributed by atoms with E-state index in [0.717, 1.165) is 6.54 Å². The van der Waals surface area contributed by atoms with Crippen molar-refractivity contribution in [2.24, 2.45) is 11.7 Å². The SMILES string of the molecule is CC(C)CN(C)c1sc(C(=O)N(C)C)c(N)c1C(N)=O. The molecule has 0 bridgehead atoms. The number of anilines is 2. The van der Waals surface area contributed by atoms with Gasteiger partial charge in [0.1, 0.15) is 9.88 Å². The minimum absolute atomic E-state index is 0.173. The maximum absolute atomic E-state index is 12.1. The van der Waals surface area contributed by atoms with Crippen molar-refractivity contribution in [3.63, 3.8) is 0 Å². The summed E-state index contributed by atoms with van der Waals surface area (Å²) in [5.74, 6) is -0.418. The number of nitrogens with zero attached hydrogens (tertiary/aromatic N) is 2. The molecule has 0 unspecified atom stereocenters. The van der Waals surface area contributed by atoms with Gasteiger partial charge in [-0.25, -0.2) is 0 Å². The number of thiophene rings is 1. The van der Waals surface area contributed by atoms with Crippen molar-refractivity contribution in [2.75, 3.05) is 38.3 Å². The van der Waals surface area contributed by atoms with Gasteiger partial charge in [-0.2, -0.15) is 0 Å². The lowest BCUT2D eigenvalue weighted by Gasteiger charge is -2.20. The highest BCUT2D eigenvalue weighted by molar-refractivity contribution is 7.19. The van der Waals surface area contributed by atoms with Crippen molar-refractivity contribution in [3.05, 3.63) is 10.4 Å². The third kappa shape index (κ3) is 3.22. The van der Waals surface area contributed by atoms with E-state index in [1.165, 1.54) is 16.2 Å². The largest absolute Gasteiger partial charge is 0.397 e. The predicted octanol–water partition coefficient (Wildman–Crippen LogP) is 1.22. The molecular weight excluding hydrogens is 276 g/mol. The van der Waals surface area contributed by atoms with E-state index in [-0.39, 0.29) is 17.2 Å². The second kappa shape index (κ2) is 6.13. The van der Waals surface area contributed by atoms with Crippen LogP contribution in [0.2, 0.25) is 0 Å². The van der Waals surface area contributed by atoms with Crippen LogP contribution in [0.5, 0.6) is 0 Å². The zero-order valence-corrected chi connectivity index (χ0v) is 13.4. The first-order chi connectivity index (χ1) is 9.16. The fourth-order valence-corrected chi connectivity index (χ4v) is 3.15. The van der Waals surface area contributed by atoms with Crippen LogP contribution in [0.4, 0.5) is 10.7 Å². The molecular formula is C13H22N4O2S. The average molecular weight is 298 g/mol. The quantitative estimate of drug-likeness (QED) is 0.855. The van der Waals surface area contributed by atoms with Crippen LogP contribution in [0, 0.1) is 5.92 Å². The molecule has 0 aromatic carbocycles. The molecule has 0 aliphatic carbocycles. The van der Waals surface area contributed by atoms with Gasteiger partial charge in [-0.1, -0.05) is 13.8 Å². The van der Waals surface area contributed by atoms with Crippen LogP contribution >= 0.6 is 11.3 Å². The van der Waals surface area contributed by atoms with Crippen molar-refractivity contribution in [2.45, 2.75) is 13.8 Å². The zero-order chi connectivity index (χ0) is 15.6. The summed E-state index contributed by atoms with van der Waals surface area (Å²) in [5, 5.41) is 0.647. The molecule has 1 aromatic heterocycles. The molecule has 0 spiro atoms. The molecule has 6 nitrogen and oxygen atoms in total. The van der Waals surface area contributed by atoms with Crippen molar-refractivity contribution in [1.29, 1.82) is 0 Å². The number of hydrogen-bond donors (Lipinski definition) is 2. The summed E-state index contributed by atoms with van der Waals surface area (Å²) in [6.45, 7) is 4.89. The first-order valence-electron chi connectivity index (χ1n) is 6.31. The summed E-state index contributed by atoms with van der Waals surface area (Å²) in [6, 6.07) is 0. The number of rotatable bonds is 5. The first kappa shape index (κ1) is 16.3. The van der Waals surface area contributed by atoms with Crippen LogP contribution < -0.4 is 16.4 Å². The normalized spacial score (nSPS) is 10.7. The lowest BCUT2D eigenvalue weighted by molar-refractivity contribution is 0.0833. The molecule has 0 aliphatic rings. The lowest BCUT2D eigenvalue weighted by atomic mass is 10.2. The summed E-state index contributed by atoms with van der Waals surface area (Å²) in [5.41, 5.74) is 11.8. The van der Waals surface area contributed by atoms with Crippen LogP contribution in [0.15, 0.2) is 0 Å². The van der Waals surface area contributed by atoms with E-state index < -0.39 is 5.91 Å². The molecule has 4 N–H and O–H groups in total. The van der Waals surface area contributed by atoms with Crippen LogP contribution in [0.3, 0.4) is 0 Å². The van der Waals surface area contributed by atoms with Crippen LogP contribution in [-0.2, 0) is 0 Å². The number of hydrogen-bond acceptors (Lipinski definition) is 5. The molecule has 0 saturated heterocycles. The topological polar surface area (TPSA) is 92.7 Å². The Morgan fingerprint density at radius 3 is 2.20 bits per heavy atom. The molecule has 1 heterocycles. The fourth-order valence-electron chi connectivity index (χ4n) is 1.93. The molecule has 0 atom stereocenters. The first-order valence-corrected chi connectivity index (χ1v) is 7.13. The third-order valence-electron chi connectivity index (χ3n) is 2.76. The number of nitrogens with two attached hydrogens (primary N) is 2. The van der Waals surface area contributed by atoms with Crippen molar-refractivity contribution in [3.8, 4) is 0 Å². The van der Waals surface area contributed by atoms with Gasteiger partial charge >= 0.3 is 0 Å². The Morgan fingerprint density at radius 1 is 1.25 bits per heavy atom. The molecule has 1 aromatic rings. The van der Waals surface area contributed by atoms with Gasteiger partial charge in [0.05, 0.1) is 11.3 Å². The second-order valence-corrected chi connectivity index (χ2v) is 6.36. The van der Waals surface area contributed by atoms with Gasteiger partial charge in [0, 0.05) is 27.7 Å². The molecule has 112 valence electrons. The highest BCUT2D eigenvalue weighted by atomic mass is 32.1. The summed E-state index contributed by atoms with van der Waals surface area (Å²) in [6.07, 6.45) is 0. The summed E-state index contributed by atoms with van der Waals surface area (Å²) in [4.78, 5) is 27.4. The van der Waals surface area contributed by atoms with Crippen LogP contribution in [-0.4, -0.2) is 44.4 Å². The number of amides is 2. The molecule has 0 saturated carbocycles. The lowest BCUT2D eigenvalue weighted by Crippen LogP contribution is -2.25. The van der Waals surface area contributed by atoms with E-state index in [9.17, 15) is 9.59 Å². The molecule has 20 heavy (non-hydrogen) atoms. The van der Waals surface area contributed by atoms with Crippen molar-refractivity contribution < 1.29 is 9.59 Å². The number of nitrogen functional groups attached to an aromatic ring is 1. The van der Waals surface area contributed by atoms with Gasteiger partial charge in [0.2, 0.25) is 0 Å². The van der Waals surface area contributed by atoms with Gasteiger partial charge < -0.3 is 21.3 Å². The fraction of sp³-hybridized carbons (Fsp3) is 0.538. The molecule has 2 amide bonds. The van der Waals surface area contributed by atoms with E-state index in [0.29, 0.717) is 15.8 Å². The molecule has 0 radical (unpaired) electrons. The van der Waals surface area contributed by atoms with Gasteiger partial charge in [-0.15, -0.1) is 11.3 Å². The zero-order valence-electron chi connectivity index (χ0n) is 12.6. The van der Waals surface area contributed by atoms with E-state index in [4.69, 9.17) is 11.5 Å². The van der Waals surface area contributed by atoms with Crippen LogP contribution in [0.25, 0.3) is 0 Å². The van der Waals surface area contributed by atoms with E-state index in [1.807, 2.05) is 11.9 Å². The Balaban J connectivity index is 3.33. The van der Waals surface area contributed by atoms with Crippen LogP contribution in [0.1, 0.15) is 33.9 Å². The average Bonchev–Trinajstić information content (AvgIpc) is 2.64. The van der Waals surface area contributed by atoms with Gasteiger partial charge in [0.15, 0.2) is 0 Å². The maximum atomic E-state index is 12.1. The Labute approximate surface area is 123 Å². The Morgan fingerprint density at radius 2 is 1.80 bits per heavy atom. The molecule has 1 rings (SSSR count). The minimum atomic E-state index is -0.609. The Kier molecular flexibility index (Phi) is 4.99. The van der Waals surface area contributed by atoms with E-state index >= 15 is 0 Å². The summed E-state index contributed by atoms with van der Waals surface area (Å²) < 4.78 is 0.